The lowest BCUT2D eigenvalue weighted by molar-refractivity contribution is 0.410. The van der Waals surface area contributed by atoms with Gasteiger partial charge in [-0.25, -0.2) is 0 Å². The van der Waals surface area contributed by atoms with Gasteiger partial charge in [0.1, 0.15) is 0 Å². The highest BCUT2D eigenvalue weighted by Gasteiger charge is 2.39. The number of aromatic nitrogens is 1. The van der Waals surface area contributed by atoms with Gasteiger partial charge in [-0.1, -0.05) is 37.8 Å². The minimum Gasteiger partial charge on any atom is -0.357 e. The monoisotopic (exact) mass is 207 g/mol. The van der Waals surface area contributed by atoms with Crippen molar-refractivity contribution < 1.29 is 4.52 Å². The molecule has 76 valence electrons. The van der Waals surface area contributed by atoms with Crippen molar-refractivity contribution in [1.29, 1.82) is 0 Å². The van der Waals surface area contributed by atoms with Crippen LogP contribution in [0.25, 0.3) is 6.08 Å². The molecule has 0 amide bonds. The SMILES string of the molecule is CC1([Si](C)(C)C)C=Cc2oncc2C1. The summed E-state index contributed by atoms with van der Waals surface area (Å²) in [4.78, 5) is 0. The minimum absolute atomic E-state index is 0.339. The Balaban J connectivity index is 2.39. The Hall–Kier alpha value is -0.833. The molecule has 1 aromatic heterocycles. The van der Waals surface area contributed by atoms with Crippen molar-refractivity contribution in [2.24, 2.45) is 0 Å². The van der Waals surface area contributed by atoms with Crippen LogP contribution in [-0.2, 0) is 6.42 Å². The van der Waals surface area contributed by atoms with E-state index in [0.29, 0.717) is 5.04 Å². The number of nitrogens with zero attached hydrogens (tertiary/aromatic N) is 1. The molecule has 1 atom stereocenters. The van der Waals surface area contributed by atoms with E-state index < -0.39 is 8.07 Å². The van der Waals surface area contributed by atoms with E-state index >= 15 is 0 Å². The van der Waals surface area contributed by atoms with Gasteiger partial charge < -0.3 is 4.52 Å². The summed E-state index contributed by atoms with van der Waals surface area (Å²) in [5, 5.41) is 4.18. The lowest BCUT2D eigenvalue weighted by Crippen LogP contribution is -2.38. The van der Waals surface area contributed by atoms with Crippen molar-refractivity contribution in [3.8, 4) is 0 Å². The van der Waals surface area contributed by atoms with E-state index in [9.17, 15) is 0 Å². The van der Waals surface area contributed by atoms with Gasteiger partial charge in [-0.2, -0.15) is 0 Å². The second kappa shape index (κ2) is 2.83. The molecular formula is C11H17NOSi. The topological polar surface area (TPSA) is 26.0 Å². The van der Waals surface area contributed by atoms with Crippen LogP contribution < -0.4 is 0 Å². The van der Waals surface area contributed by atoms with Crippen molar-refractivity contribution in [3.05, 3.63) is 23.6 Å². The van der Waals surface area contributed by atoms with E-state index in [0.717, 1.165) is 12.2 Å². The molecule has 1 heterocycles. The van der Waals surface area contributed by atoms with Crippen LogP contribution >= 0.6 is 0 Å². The lowest BCUT2D eigenvalue weighted by Gasteiger charge is -2.39. The Kier molecular flexibility index (Phi) is 1.96. The van der Waals surface area contributed by atoms with Gasteiger partial charge in [0.2, 0.25) is 0 Å². The Morgan fingerprint density at radius 2 is 2.14 bits per heavy atom. The fourth-order valence-corrected chi connectivity index (χ4v) is 3.07. The predicted octanol–water partition coefficient (Wildman–Crippen LogP) is 3.34. The van der Waals surface area contributed by atoms with Gasteiger partial charge in [0.25, 0.3) is 0 Å². The molecule has 2 rings (SSSR count). The van der Waals surface area contributed by atoms with E-state index in [2.05, 4.69) is 43.9 Å². The average molecular weight is 207 g/mol. The molecule has 1 aliphatic carbocycles. The van der Waals surface area contributed by atoms with E-state index in [1.165, 1.54) is 5.56 Å². The third-order valence-electron chi connectivity index (χ3n) is 3.55. The second-order valence-corrected chi connectivity index (χ2v) is 11.0. The number of hydrogen-bond acceptors (Lipinski definition) is 2. The number of rotatable bonds is 1. The summed E-state index contributed by atoms with van der Waals surface area (Å²) in [5.41, 5.74) is 1.26. The van der Waals surface area contributed by atoms with E-state index in [1.54, 1.807) is 0 Å². The standard InChI is InChI=1S/C11H17NOSi/c1-11(14(2,3)4)6-5-10-9(7-11)8-12-13-10/h5-6,8H,7H2,1-4H3. The minimum atomic E-state index is -1.18. The first kappa shape index (κ1) is 9.71. The van der Waals surface area contributed by atoms with Crippen LogP contribution in [0.4, 0.5) is 0 Å². The zero-order chi connectivity index (χ0) is 10.4. The summed E-state index contributed by atoms with van der Waals surface area (Å²) in [6.07, 6.45) is 7.34. The van der Waals surface area contributed by atoms with Gasteiger partial charge in [-0.15, -0.1) is 0 Å². The molecule has 0 radical (unpaired) electrons. The van der Waals surface area contributed by atoms with Crippen LogP contribution in [0, 0.1) is 0 Å². The molecule has 3 heteroatoms. The molecular weight excluding hydrogens is 190 g/mol. The zero-order valence-corrected chi connectivity index (χ0v) is 10.3. The summed E-state index contributed by atoms with van der Waals surface area (Å²) in [7, 11) is -1.18. The molecule has 0 saturated heterocycles. The Bertz CT molecular complexity index is 375. The molecule has 0 aliphatic heterocycles. The normalized spacial score (nSPS) is 26.3. The third-order valence-corrected chi connectivity index (χ3v) is 7.32. The molecule has 0 bridgehead atoms. The van der Waals surface area contributed by atoms with Crippen LogP contribution in [0.1, 0.15) is 18.2 Å². The summed E-state index contributed by atoms with van der Waals surface area (Å²) < 4.78 is 5.14. The van der Waals surface area contributed by atoms with Crippen LogP contribution in [0.15, 0.2) is 16.8 Å². The largest absolute Gasteiger partial charge is 0.357 e. The second-order valence-electron chi connectivity index (χ2n) is 5.39. The van der Waals surface area contributed by atoms with E-state index in [4.69, 9.17) is 4.52 Å². The Morgan fingerprint density at radius 3 is 2.79 bits per heavy atom. The lowest BCUT2D eigenvalue weighted by atomic mass is 9.95. The molecule has 0 saturated carbocycles. The maximum atomic E-state index is 5.14. The quantitative estimate of drug-likeness (QED) is 0.660. The summed E-state index contributed by atoms with van der Waals surface area (Å²) in [5.74, 6) is 0.945. The fraction of sp³-hybridized carbons (Fsp3) is 0.545. The maximum Gasteiger partial charge on any atom is 0.162 e. The predicted molar refractivity (Wildman–Crippen MR) is 61.0 cm³/mol. The van der Waals surface area contributed by atoms with Gasteiger partial charge in [0.05, 0.1) is 14.3 Å². The highest BCUT2D eigenvalue weighted by atomic mass is 28.3. The Labute approximate surface area is 86.0 Å². The number of allylic oxidation sites excluding steroid dienone is 1. The highest BCUT2D eigenvalue weighted by molar-refractivity contribution is 6.79. The smallest absolute Gasteiger partial charge is 0.162 e. The molecule has 0 aromatic carbocycles. The maximum absolute atomic E-state index is 5.14. The van der Waals surface area contributed by atoms with Crippen molar-refractivity contribution in [2.45, 2.75) is 38.0 Å². The summed E-state index contributed by atoms with van der Waals surface area (Å²) >= 11 is 0. The van der Waals surface area contributed by atoms with Crippen molar-refractivity contribution in [2.75, 3.05) is 0 Å². The van der Waals surface area contributed by atoms with Gasteiger partial charge in [-0.05, 0) is 17.5 Å². The van der Waals surface area contributed by atoms with Crippen LogP contribution in [-0.4, -0.2) is 13.2 Å². The molecule has 1 unspecified atom stereocenters. The van der Waals surface area contributed by atoms with Gasteiger partial charge in [0, 0.05) is 5.56 Å². The molecule has 1 aromatic rings. The molecule has 0 N–H and O–H groups in total. The zero-order valence-electron chi connectivity index (χ0n) is 9.29. The average Bonchev–Trinajstić information content (AvgIpc) is 2.48. The molecule has 0 spiro atoms. The molecule has 14 heavy (non-hydrogen) atoms. The molecule has 1 aliphatic rings. The van der Waals surface area contributed by atoms with Crippen molar-refractivity contribution in [1.82, 2.24) is 5.16 Å². The van der Waals surface area contributed by atoms with Crippen LogP contribution in [0.2, 0.25) is 24.7 Å². The number of fused-ring (bicyclic) bond motifs is 1. The van der Waals surface area contributed by atoms with Crippen molar-refractivity contribution in [3.63, 3.8) is 0 Å². The van der Waals surface area contributed by atoms with E-state index in [-0.39, 0.29) is 0 Å². The first-order chi connectivity index (χ1) is 6.42. The first-order valence-corrected chi connectivity index (χ1v) is 8.55. The van der Waals surface area contributed by atoms with E-state index in [1.807, 2.05) is 6.20 Å². The fourth-order valence-electron chi connectivity index (χ4n) is 1.77. The molecule has 2 nitrogen and oxygen atoms in total. The highest BCUT2D eigenvalue weighted by Crippen LogP contribution is 2.45. The number of hydrogen-bond donors (Lipinski definition) is 0. The van der Waals surface area contributed by atoms with Gasteiger partial charge >= 0.3 is 0 Å². The first-order valence-electron chi connectivity index (χ1n) is 5.05. The summed E-state index contributed by atoms with van der Waals surface area (Å²) in [6.45, 7) is 9.59. The molecule has 0 fully saturated rings. The van der Waals surface area contributed by atoms with Gasteiger partial charge in [-0.3, -0.25) is 0 Å². The van der Waals surface area contributed by atoms with Crippen LogP contribution in [0.3, 0.4) is 0 Å². The third kappa shape index (κ3) is 1.36. The van der Waals surface area contributed by atoms with Crippen LogP contribution in [0.5, 0.6) is 0 Å². The Morgan fingerprint density at radius 1 is 1.43 bits per heavy atom. The van der Waals surface area contributed by atoms with Gasteiger partial charge in [0.15, 0.2) is 5.76 Å². The summed E-state index contributed by atoms with van der Waals surface area (Å²) in [6, 6.07) is 0. The van der Waals surface area contributed by atoms with Crippen molar-refractivity contribution >= 4 is 14.1 Å².